The average molecular weight is 279 g/mol. The highest BCUT2D eigenvalue weighted by Gasteiger charge is 2.19. The quantitative estimate of drug-likeness (QED) is 0.849. The van der Waals surface area contributed by atoms with Gasteiger partial charge < -0.3 is 10.4 Å². The monoisotopic (exact) mass is 279 g/mol. The van der Waals surface area contributed by atoms with Crippen molar-refractivity contribution in [2.75, 3.05) is 0 Å². The zero-order valence-corrected chi connectivity index (χ0v) is 11.2. The average Bonchev–Trinajstić information content (AvgIpc) is 2.88. The first-order valence-electron chi connectivity index (χ1n) is 6.57. The smallest absolute Gasteiger partial charge is 0.335 e. The predicted octanol–water partition coefficient (Wildman–Crippen LogP) is 2.80. The molecule has 21 heavy (non-hydrogen) atoms. The molecule has 3 rings (SSSR count). The van der Waals surface area contributed by atoms with Crippen LogP contribution < -0.4 is 5.32 Å². The van der Waals surface area contributed by atoms with Crippen molar-refractivity contribution in [2.24, 2.45) is 0 Å². The van der Waals surface area contributed by atoms with Gasteiger partial charge in [0.15, 0.2) is 0 Å². The molecule has 2 aromatic rings. The third-order valence-electron chi connectivity index (χ3n) is 3.50. The Morgan fingerprint density at radius 3 is 2.57 bits per heavy atom. The van der Waals surface area contributed by atoms with E-state index >= 15 is 0 Å². The molecule has 0 unspecified atom stereocenters. The lowest BCUT2D eigenvalue weighted by Gasteiger charge is -2.01. The fourth-order valence-electron chi connectivity index (χ4n) is 2.36. The van der Waals surface area contributed by atoms with E-state index < -0.39 is 5.97 Å². The number of nitrogens with one attached hydrogen (secondary N) is 1. The summed E-state index contributed by atoms with van der Waals surface area (Å²) < 4.78 is 0. The third kappa shape index (κ3) is 2.56. The number of carboxylic acid groups (broad SMARTS) is 1. The number of carbonyl (C=O) groups is 2. The maximum absolute atomic E-state index is 11.6. The van der Waals surface area contributed by atoms with Crippen molar-refractivity contribution in [1.29, 1.82) is 0 Å². The molecule has 0 saturated heterocycles. The van der Waals surface area contributed by atoms with E-state index in [1.807, 2.05) is 30.4 Å². The van der Waals surface area contributed by atoms with Crippen molar-refractivity contribution < 1.29 is 14.7 Å². The van der Waals surface area contributed by atoms with Gasteiger partial charge in [-0.15, -0.1) is 0 Å². The molecule has 2 N–H and O–H groups in total. The topological polar surface area (TPSA) is 66.4 Å². The number of rotatable bonds is 3. The molecule has 1 aliphatic heterocycles. The number of carbonyl (C=O) groups excluding carboxylic acids is 1. The number of amides is 1. The maximum Gasteiger partial charge on any atom is 0.335 e. The van der Waals surface area contributed by atoms with Crippen molar-refractivity contribution in [2.45, 2.75) is 6.54 Å². The van der Waals surface area contributed by atoms with Crippen LogP contribution in [0.25, 0.3) is 12.2 Å². The molecule has 0 fully saturated rings. The van der Waals surface area contributed by atoms with Crippen molar-refractivity contribution in [3.63, 3.8) is 0 Å². The second kappa shape index (κ2) is 5.25. The van der Waals surface area contributed by atoms with E-state index in [0.29, 0.717) is 6.54 Å². The largest absolute Gasteiger partial charge is 0.478 e. The molecule has 0 aromatic heterocycles. The maximum atomic E-state index is 11.6. The third-order valence-corrected chi connectivity index (χ3v) is 3.50. The molecule has 1 heterocycles. The van der Waals surface area contributed by atoms with Gasteiger partial charge in [0, 0.05) is 12.1 Å². The van der Waals surface area contributed by atoms with Gasteiger partial charge in [0.05, 0.1) is 5.56 Å². The normalized spacial score (nSPS) is 13.2. The Bertz CT molecular complexity index is 745. The fraction of sp³-hybridized carbons (Fsp3) is 0.0588. The van der Waals surface area contributed by atoms with Gasteiger partial charge in [-0.1, -0.05) is 36.4 Å². The molecule has 1 amide bonds. The second-order valence-electron chi connectivity index (χ2n) is 4.82. The zero-order chi connectivity index (χ0) is 14.8. The minimum atomic E-state index is -0.934. The van der Waals surface area contributed by atoms with Crippen LogP contribution in [0, 0.1) is 0 Å². The van der Waals surface area contributed by atoms with Crippen LogP contribution in [-0.4, -0.2) is 17.0 Å². The number of benzene rings is 2. The summed E-state index contributed by atoms with van der Waals surface area (Å²) >= 11 is 0. The molecule has 1 aliphatic rings. The highest BCUT2D eigenvalue weighted by Crippen LogP contribution is 2.21. The number of aromatic carboxylic acids is 1. The summed E-state index contributed by atoms with van der Waals surface area (Å²) in [7, 11) is 0. The van der Waals surface area contributed by atoms with E-state index in [-0.39, 0.29) is 11.5 Å². The Balaban J connectivity index is 1.87. The van der Waals surface area contributed by atoms with E-state index in [9.17, 15) is 9.59 Å². The lowest BCUT2D eigenvalue weighted by molar-refractivity contribution is 0.0696. The molecule has 0 aliphatic carbocycles. The van der Waals surface area contributed by atoms with Crippen LogP contribution in [0.5, 0.6) is 0 Å². The molecule has 0 saturated carbocycles. The number of fused-ring (bicyclic) bond motifs is 1. The van der Waals surface area contributed by atoms with Crippen LogP contribution in [0.3, 0.4) is 0 Å². The minimum absolute atomic E-state index is 0.0361. The summed E-state index contributed by atoms with van der Waals surface area (Å²) in [4.78, 5) is 22.4. The Morgan fingerprint density at radius 1 is 1.10 bits per heavy atom. The van der Waals surface area contributed by atoms with Crippen molar-refractivity contribution in [1.82, 2.24) is 5.32 Å². The van der Waals surface area contributed by atoms with Gasteiger partial charge in [0.1, 0.15) is 0 Å². The fourth-order valence-corrected chi connectivity index (χ4v) is 2.36. The van der Waals surface area contributed by atoms with E-state index in [1.54, 1.807) is 24.3 Å². The van der Waals surface area contributed by atoms with Crippen molar-refractivity contribution in [3.8, 4) is 0 Å². The highest BCUT2D eigenvalue weighted by atomic mass is 16.4. The lowest BCUT2D eigenvalue weighted by Crippen LogP contribution is -2.12. The SMILES string of the molecule is O=C(O)c1ccc(C=Cc2cccc3c2CNC3=O)cc1. The molecule has 0 bridgehead atoms. The van der Waals surface area contributed by atoms with Crippen LogP contribution in [0.4, 0.5) is 0 Å². The molecule has 4 heteroatoms. The first-order valence-corrected chi connectivity index (χ1v) is 6.57. The van der Waals surface area contributed by atoms with Crippen molar-refractivity contribution in [3.05, 3.63) is 70.3 Å². The summed E-state index contributed by atoms with van der Waals surface area (Å²) in [6.07, 6.45) is 3.85. The summed E-state index contributed by atoms with van der Waals surface area (Å²) in [5.41, 5.74) is 3.89. The van der Waals surface area contributed by atoms with E-state index in [2.05, 4.69) is 5.32 Å². The first kappa shape index (κ1) is 13.1. The van der Waals surface area contributed by atoms with Crippen LogP contribution in [0.15, 0.2) is 42.5 Å². The Kier molecular flexibility index (Phi) is 3.28. The minimum Gasteiger partial charge on any atom is -0.478 e. The van der Waals surface area contributed by atoms with Gasteiger partial charge in [-0.3, -0.25) is 4.79 Å². The van der Waals surface area contributed by atoms with Gasteiger partial charge >= 0.3 is 5.97 Å². The molecule has 0 radical (unpaired) electrons. The number of carboxylic acids is 1. The summed E-state index contributed by atoms with van der Waals surface area (Å²) in [6.45, 7) is 0.548. The molecule has 0 atom stereocenters. The van der Waals surface area contributed by atoms with Gasteiger partial charge in [-0.05, 0) is 34.9 Å². The highest BCUT2D eigenvalue weighted by molar-refractivity contribution is 5.99. The van der Waals surface area contributed by atoms with Gasteiger partial charge in [-0.25, -0.2) is 4.79 Å². The summed E-state index contributed by atoms with van der Waals surface area (Å²) in [5.74, 6) is -0.970. The molecule has 4 nitrogen and oxygen atoms in total. The van der Waals surface area contributed by atoms with E-state index in [1.165, 1.54) is 0 Å². The Morgan fingerprint density at radius 2 is 1.86 bits per heavy atom. The Labute approximate surface area is 121 Å². The predicted molar refractivity (Wildman–Crippen MR) is 79.9 cm³/mol. The molecular formula is C17H13NO3. The lowest BCUT2D eigenvalue weighted by atomic mass is 10.0. The van der Waals surface area contributed by atoms with Gasteiger partial charge in [0.2, 0.25) is 0 Å². The molecule has 2 aromatic carbocycles. The number of hydrogen-bond donors (Lipinski definition) is 2. The second-order valence-corrected chi connectivity index (χ2v) is 4.82. The molecule has 0 spiro atoms. The first-order chi connectivity index (χ1) is 10.1. The standard InChI is InChI=1S/C17H13NO3/c19-16-14-3-1-2-12(15(14)10-18-16)7-4-11-5-8-13(9-6-11)17(20)21/h1-9H,10H2,(H,18,19)(H,20,21). The summed E-state index contributed by atoms with van der Waals surface area (Å²) in [6, 6.07) is 12.3. The van der Waals surface area contributed by atoms with Gasteiger partial charge in [-0.2, -0.15) is 0 Å². The van der Waals surface area contributed by atoms with E-state index in [4.69, 9.17) is 5.11 Å². The van der Waals surface area contributed by atoms with Crippen LogP contribution in [0.2, 0.25) is 0 Å². The molecule has 104 valence electrons. The van der Waals surface area contributed by atoms with Gasteiger partial charge in [0.25, 0.3) is 5.91 Å². The van der Waals surface area contributed by atoms with Crippen LogP contribution >= 0.6 is 0 Å². The van der Waals surface area contributed by atoms with Crippen molar-refractivity contribution >= 4 is 24.0 Å². The zero-order valence-electron chi connectivity index (χ0n) is 11.2. The van der Waals surface area contributed by atoms with Crippen LogP contribution in [0.1, 0.15) is 37.4 Å². The Hall–Kier alpha value is -2.88. The van der Waals surface area contributed by atoms with Crippen LogP contribution in [-0.2, 0) is 6.54 Å². The number of hydrogen-bond acceptors (Lipinski definition) is 2. The summed E-state index contributed by atoms with van der Waals surface area (Å²) in [5, 5.41) is 11.7. The van der Waals surface area contributed by atoms with E-state index in [0.717, 1.165) is 22.3 Å². The molecular weight excluding hydrogens is 266 g/mol.